The molecule has 0 bridgehead atoms. The Morgan fingerprint density at radius 3 is 2.48 bits per heavy atom. The monoisotopic (exact) mass is 300 g/mol. The Labute approximate surface area is 129 Å². The molecule has 0 N–H and O–H groups in total. The molecule has 0 saturated heterocycles. The molecule has 0 fully saturated rings. The van der Waals surface area contributed by atoms with Crippen molar-refractivity contribution in [3.8, 4) is 16.9 Å². The van der Waals surface area contributed by atoms with E-state index in [9.17, 15) is 4.79 Å². The van der Waals surface area contributed by atoms with Crippen LogP contribution in [0.1, 0.15) is 36.7 Å². The number of hydrogen-bond acceptors (Lipinski definition) is 2. The maximum atomic E-state index is 11.4. The fraction of sp³-hybridized carbons (Fsp3) is 0.278. The van der Waals surface area contributed by atoms with Crippen molar-refractivity contribution in [3.05, 3.63) is 52.5 Å². The van der Waals surface area contributed by atoms with E-state index in [1.54, 1.807) is 6.07 Å². The van der Waals surface area contributed by atoms with Gasteiger partial charge in [0.05, 0.1) is 5.02 Å². The number of benzene rings is 2. The molecular weight excluding hydrogens is 284 g/mol. The van der Waals surface area contributed by atoms with Crippen molar-refractivity contribution in [3.63, 3.8) is 0 Å². The van der Waals surface area contributed by atoms with E-state index in [1.165, 1.54) is 12.5 Å². The van der Waals surface area contributed by atoms with Gasteiger partial charge in [0.2, 0.25) is 0 Å². The SMILES string of the molecule is CC(=O)c1ccc(-c2ccc3c(c2)CC(C)(C)O3)cc1Cl. The van der Waals surface area contributed by atoms with E-state index < -0.39 is 0 Å². The molecule has 0 spiro atoms. The molecule has 1 aliphatic rings. The summed E-state index contributed by atoms with van der Waals surface area (Å²) in [6.45, 7) is 5.70. The zero-order valence-corrected chi connectivity index (χ0v) is 13.1. The molecule has 2 nitrogen and oxygen atoms in total. The van der Waals surface area contributed by atoms with Gasteiger partial charge in [-0.25, -0.2) is 0 Å². The van der Waals surface area contributed by atoms with Crippen LogP contribution in [0.25, 0.3) is 11.1 Å². The number of fused-ring (bicyclic) bond motifs is 1. The summed E-state index contributed by atoms with van der Waals surface area (Å²) < 4.78 is 5.89. The first-order chi connectivity index (χ1) is 9.85. The molecule has 21 heavy (non-hydrogen) atoms. The predicted molar refractivity (Wildman–Crippen MR) is 85.3 cm³/mol. The van der Waals surface area contributed by atoms with Gasteiger partial charge in [0.15, 0.2) is 5.78 Å². The number of carbonyl (C=O) groups excluding carboxylic acids is 1. The highest BCUT2D eigenvalue weighted by Crippen LogP contribution is 2.37. The maximum absolute atomic E-state index is 11.4. The van der Waals surface area contributed by atoms with Gasteiger partial charge in [0.25, 0.3) is 0 Å². The maximum Gasteiger partial charge on any atom is 0.161 e. The second-order valence-electron chi connectivity index (χ2n) is 6.11. The summed E-state index contributed by atoms with van der Waals surface area (Å²) in [4.78, 5) is 11.4. The third-order valence-electron chi connectivity index (χ3n) is 3.74. The summed E-state index contributed by atoms with van der Waals surface area (Å²) in [6.07, 6.45) is 0.898. The van der Waals surface area contributed by atoms with E-state index >= 15 is 0 Å². The van der Waals surface area contributed by atoms with Crippen molar-refractivity contribution in [2.24, 2.45) is 0 Å². The number of rotatable bonds is 2. The van der Waals surface area contributed by atoms with Crippen molar-refractivity contribution >= 4 is 17.4 Å². The van der Waals surface area contributed by atoms with Crippen molar-refractivity contribution < 1.29 is 9.53 Å². The summed E-state index contributed by atoms with van der Waals surface area (Å²) in [5.41, 5.74) is 3.73. The molecular formula is C18H17ClO2. The van der Waals surface area contributed by atoms with Gasteiger partial charge in [-0.15, -0.1) is 0 Å². The van der Waals surface area contributed by atoms with Crippen molar-refractivity contribution in [1.82, 2.24) is 0 Å². The van der Waals surface area contributed by atoms with Crippen molar-refractivity contribution in [2.45, 2.75) is 32.8 Å². The van der Waals surface area contributed by atoms with Gasteiger partial charge in [-0.2, -0.15) is 0 Å². The molecule has 0 unspecified atom stereocenters. The number of ether oxygens (including phenoxy) is 1. The average Bonchev–Trinajstić information content (AvgIpc) is 2.70. The minimum Gasteiger partial charge on any atom is -0.487 e. The van der Waals surface area contributed by atoms with Gasteiger partial charge in [-0.05, 0) is 61.7 Å². The van der Waals surface area contributed by atoms with Gasteiger partial charge in [-0.1, -0.05) is 23.7 Å². The molecule has 0 radical (unpaired) electrons. The Morgan fingerprint density at radius 1 is 1.14 bits per heavy atom. The Bertz CT molecular complexity index is 732. The van der Waals surface area contributed by atoms with Gasteiger partial charge >= 0.3 is 0 Å². The summed E-state index contributed by atoms with van der Waals surface area (Å²) in [5.74, 6) is 0.936. The largest absolute Gasteiger partial charge is 0.487 e. The molecule has 3 heteroatoms. The molecule has 0 aliphatic carbocycles. The third-order valence-corrected chi connectivity index (χ3v) is 4.06. The number of ketones is 1. The summed E-state index contributed by atoms with van der Waals surface area (Å²) in [6, 6.07) is 11.7. The lowest BCUT2D eigenvalue weighted by atomic mass is 9.97. The Kier molecular flexibility index (Phi) is 3.29. The Morgan fingerprint density at radius 2 is 1.81 bits per heavy atom. The molecule has 2 aromatic carbocycles. The molecule has 108 valence electrons. The average molecular weight is 301 g/mol. The van der Waals surface area contributed by atoms with Gasteiger partial charge in [-0.3, -0.25) is 4.79 Å². The van der Waals surface area contributed by atoms with Crippen LogP contribution in [-0.2, 0) is 6.42 Å². The van der Waals surface area contributed by atoms with E-state index in [-0.39, 0.29) is 11.4 Å². The molecule has 1 aliphatic heterocycles. The van der Waals surface area contributed by atoms with Crippen LogP contribution in [0, 0.1) is 0 Å². The third kappa shape index (κ3) is 2.68. The number of carbonyl (C=O) groups is 1. The first-order valence-electron chi connectivity index (χ1n) is 6.98. The molecule has 1 heterocycles. The van der Waals surface area contributed by atoms with Crippen LogP contribution in [0.4, 0.5) is 0 Å². The quantitative estimate of drug-likeness (QED) is 0.736. The molecule has 0 atom stereocenters. The second-order valence-corrected chi connectivity index (χ2v) is 6.52. The van der Waals surface area contributed by atoms with Crippen LogP contribution in [0.3, 0.4) is 0 Å². The molecule has 3 rings (SSSR count). The summed E-state index contributed by atoms with van der Waals surface area (Å²) in [5, 5.41) is 0.497. The van der Waals surface area contributed by atoms with E-state index in [0.29, 0.717) is 10.6 Å². The van der Waals surface area contributed by atoms with E-state index in [2.05, 4.69) is 19.9 Å². The smallest absolute Gasteiger partial charge is 0.161 e. The number of halogens is 1. The van der Waals surface area contributed by atoms with E-state index in [1.807, 2.05) is 24.3 Å². The van der Waals surface area contributed by atoms with Crippen molar-refractivity contribution in [1.29, 1.82) is 0 Å². The zero-order chi connectivity index (χ0) is 15.2. The highest BCUT2D eigenvalue weighted by atomic mass is 35.5. The lowest BCUT2D eigenvalue weighted by Crippen LogP contribution is -2.24. The molecule has 0 saturated carbocycles. The van der Waals surface area contributed by atoms with Crippen LogP contribution in [0.2, 0.25) is 5.02 Å². The first-order valence-corrected chi connectivity index (χ1v) is 7.36. The summed E-state index contributed by atoms with van der Waals surface area (Å²) >= 11 is 6.19. The highest BCUT2D eigenvalue weighted by molar-refractivity contribution is 6.34. The van der Waals surface area contributed by atoms with Crippen molar-refractivity contribution in [2.75, 3.05) is 0 Å². The molecule has 0 amide bonds. The fourth-order valence-corrected chi connectivity index (χ4v) is 3.08. The van der Waals surface area contributed by atoms with Gasteiger partial charge in [0, 0.05) is 12.0 Å². The minimum absolute atomic E-state index is 0.0179. The zero-order valence-electron chi connectivity index (χ0n) is 12.4. The Hall–Kier alpha value is -1.80. The molecule has 2 aromatic rings. The van der Waals surface area contributed by atoms with Crippen LogP contribution >= 0.6 is 11.6 Å². The standard InChI is InChI=1S/C18H17ClO2/c1-11(20)15-6-4-13(9-16(15)19)12-5-7-17-14(8-12)10-18(2,3)21-17/h4-9H,10H2,1-3H3. The van der Waals surface area contributed by atoms with Gasteiger partial charge in [0.1, 0.15) is 11.4 Å². The number of Topliss-reactive ketones (excluding diaryl/α,β-unsaturated/α-hetero) is 1. The van der Waals surface area contributed by atoms with Crippen LogP contribution in [0.5, 0.6) is 5.75 Å². The van der Waals surface area contributed by atoms with Gasteiger partial charge < -0.3 is 4.74 Å². The van der Waals surface area contributed by atoms with E-state index in [0.717, 1.165) is 23.3 Å². The van der Waals surface area contributed by atoms with Crippen LogP contribution < -0.4 is 4.74 Å². The predicted octanol–water partition coefficient (Wildman–Crippen LogP) is 4.92. The second kappa shape index (κ2) is 4.88. The van der Waals surface area contributed by atoms with E-state index in [4.69, 9.17) is 16.3 Å². The highest BCUT2D eigenvalue weighted by Gasteiger charge is 2.29. The fourth-order valence-electron chi connectivity index (χ4n) is 2.77. The first kappa shape index (κ1) is 14.2. The summed E-state index contributed by atoms with van der Waals surface area (Å²) in [7, 11) is 0. The lowest BCUT2D eigenvalue weighted by Gasteiger charge is -2.16. The van der Waals surface area contributed by atoms with Crippen LogP contribution in [0.15, 0.2) is 36.4 Å². The Balaban J connectivity index is 2.00. The minimum atomic E-state index is -0.142. The molecule has 0 aromatic heterocycles. The van der Waals surface area contributed by atoms with Crippen LogP contribution in [-0.4, -0.2) is 11.4 Å². The topological polar surface area (TPSA) is 26.3 Å². The number of hydrogen-bond donors (Lipinski definition) is 0. The lowest BCUT2D eigenvalue weighted by molar-refractivity contribution is 0.101. The normalized spacial score (nSPS) is 15.4.